The number of hydrogen-bond acceptors (Lipinski definition) is 3. The first-order chi connectivity index (χ1) is 15.3. The fourth-order valence-electron chi connectivity index (χ4n) is 4.21. The molecule has 0 bridgehead atoms. The third kappa shape index (κ3) is 6.17. The Morgan fingerprint density at radius 2 is 1.48 bits per heavy atom. The molecule has 1 aliphatic rings. The van der Waals surface area contributed by atoms with E-state index in [2.05, 4.69) is 77.7 Å². The van der Waals surface area contributed by atoms with Crippen LogP contribution in [0.5, 0.6) is 5.75 Å². The highest BCUT2D eigenvalue weighted by Gasteiger charge is 2.15. The van der Waals surface area contributed by atoms with Gasteiger partial charge in [0.2, 0.25) is 0 Å². The van der Waals surface area contributed by atoms with Crippen LogP contribution in [0.25, 0.3) is 0 Å². The molecule has 4 heteroatoms. The minimum Gasteiger partial charge on any atom is -0.467 e. The fraction of sp³-hybridized carbons (Fsp3) is 0.333. The highest BCUT2D eigenvalue weighted by Crippen LogP contribution is 2.27. The molecule has 1 saturated heterocycles. The third-order valence-corrected chi connectivity index (χ3v) is 7.20. The molecule has 1 heterocycles. The molecule has 0 amide bonds. The molecule has 1 atom stereocenters. The summed E-state index contributed by atoms with van der Waals surface area (Å²) in [6.45, 7) is 3.73. The maximum absolute atomic E-state index is 6.13. The van der Waals surface area contributed by atoms with Gasteiger partial charge in [-0.1, -0.05) is 87.8 Å². The lowest BCUT2D eigenvalue weighted by Crippen LogP contribution is -2.30. The molecule has 31 heavy (non-hydrogen) atoms. The van der Waals surface area contributed by atoms with E-state index in [0.29, 0.717) is 8.58 Å². The van der Waals surface area contributed by atoms with Crippen molar-refractivity contribution in [3.63, 3.8) is 0 Å². The topological polar surface area (TPSA) is 21.7 Å². The average Bonchev–Trinajstić information content (AvgIpc) is 2.81. The van der Waals surface area contributed by atoms with E-state index in [9.17, 15) is 0 Å². The van der Waals surface area contributed by atoms with Gasteiger partial charge in [-0.05, 0) is 47.9 Å². The molecule has 0 spiro atoms. The lowest BCUT2D eigenvalue weighted by atomic mass is 10.0. The van der Waals surface area contributed by atoms with Crippen molar-refractivity contribution in [1.82, 2.24) is 4.90 Å². The number of hydrogen-bond donors (Lipinski definition) is 0. The third-order valence-electron chi connectivity index (χ3n) is 5.78. The number of ether oxygens (including phenoxy) is 2. The van der Waals surface area contributed by atoms with Crippen LogP contribution < -0.4 is 15.3 Å². The number of rotatable bonds is 9. The number of piperidine rings is 1. The zero-order valence-corrected chi connectivity index (χ0v) is 19.3. The summed E-state index contributed by atoms with van der Waals surface area (Å²) in [7, 11) is 2.23. The molecule has 0 aliphatic carbocycles. The average molecular weight is 434 g/mol. The Morgan fingerprint density at radius 1 is 0.774 bits per heavy atom. The number of nitrogens with zero attached hydrogens (tertiary/aromatic N) is 1. The van der Waals surface area contributed by atoms with Crippen molar-refractivity contribution < 1.29 is 9.47 Å². The van der Waals surface area contributed by atoms with Gasteiger partial charge in [0, 0.05) is 25.4 Å². The van der Waals surface area contributed by atoms with E-state index in [1.54, 1.807) is 7.11 Å². The van der Waals surface area contributed by atoms with Crippen LogP contribution in [-0.2, 0) is 17.7 Å². The van der Waals surface area contributed by atoms with Crippen molar-refractivity contribution in [2.24, 2.45) is 0 Å². The van der Waals surface area contributed by atoms with Crippen LogP contribution in [0.2, 0.25) is 0 Å². The highest BCUT2D eigenvalue weighted by atomic mass is 31.1. The van der Waals surface area contributed by atoms with Crippen LogP contribution in [0.15, 0.2) is 72.8 Å². The molecular formula is C27H32NO2P. The van der Waals surface area contributed by atoms with Gasteiger partial charge in [0.1, 0.15) is 5.75 Å². The molecule has 162 valence electrons. The van der Waals surface area contributed by atoms with Gasteiger partial charge in [-0.2, -0.15) is 0 Å². The number of benzene rings is 3. The second-order valence-corrected chi connectivity index (χ2v) is 9.45. The van der Waals surface area contributed by atoms with E-state index in [1.165, 1.54) is 59.7 Å². The van der Waals surface area contributed by atoms with Crippen molar-refractivity contribution in [1.29, 1.82) is 0 Å². The Morgan fingerprint density at radius 3 is 2.29 bits per heavy atom. The molecule has 3 aromatic carbocycles. The SMILES string of the molecule is COCOc1c(Cc2ccccc2)cccc1Pc1ccccc1CN1CCCCC1. The molecule has 3 nitrogen and oxygen atoms in total. The largest absolute Gasteiger partial charge is 0.467 e. The summed E-state index contributed by atoms with van der Waals surface area (Å²) in [5, 5.41) is 2.66. The van der Waals surface area contributed by atoms with Crippen LogP contribution >= 0.6 is 8.58 Å². The molecule has 0 aromatic heterocycles. The van der Waals surface area contributed by atoms with Crippen LogP contribution in [0.3, 0.4) is 0 Å². The lowest BCUT2D eigenvalue weighted by Gasteiger charge is -2.27. The molecule has 4 rings (SSSR count). The summed E-state index contributed by atoms with van der Waals surface area (Å²) >= 11 is 0. The maximum atomic E-state index is 6.13. The van der Waals surface area contributed by atoms with Gasteiger partial charge >= 0.3 is 0 Å². The first-order valence-corrected chi connectivity index (χ1v) is 12.2. The quantitative estimate of drug-likeness (QED) is 0.355. The number of methoxy groups -OCH3 is 1. The van der Waals surface area contributed by atoms with Crippen LogP contribution in [-0.4, -0.2) is 31.9 Å². The van der Waals surface area contributed by atoms with Gasteiger partial charge in [0.15, 0.2) is 6.79 Å². The zero-order chi connectivity index (χ0) is 21.3. The number of para-hydroxylation sites is 1. The standard InChI is InChI=1S/C27H32NO2P/c1-29-21-30-27-23(19-22-11-4-2-5-12-22)14-10-16-26(27)31-25-15-7-6-13-24(25)20-28-17-8-3-9-18-28/h2,4-7,10-16,31H,3,8-9,17-21H2,1H3. The molecule has 0 saturated carbocycles. The highest BCUT2D eigenvalue weighted by molar-refractivity contribution is 7.55. The fourth-order valence-corrected chi connectivity index (χ4v) is 5.53. The van der Waals surface area contributed by atoms with Crippen molar-refractivity contribution in [2.45, 2.75) is 32.2 Å². The Hall–Kier alpha value is -2.19. The minimum atomic E-state index is 0.263. The van der Waals surface area contributed by atoms with Gasteiger partial charge in [-0.15, -0.1) is 0 Å². The van der Waals surface area contributed by atoms with E-state index in [-0.39, 0.29) is 6.79 Å². The van der Waals surface area contributed by atoms with Gasteiger partial charge in [0.05, 0.1) is 0 Å². The van der Waals surface area contributed by atoms with Gasteiger partial charge in [-0.25, -0.2) is 0 Å². The molecule has 1 aliphatic heterocycles. The Bertz CT molecular complexity index is 954. The van der Waals surface area contributed by atoms with Crippen molar-refractivity contribution in [2.75, 3.05) is 27.0 Å². The Kier molecular flexibility index (Phi) is 8.12. The monoisotopic (exact) mass is 433 g/mol. The van der Waals surface area contributed by atoms with E-state index < -0.39 is 0 Å². The lowest BCUT2D eigenvalue weighted by molar-refractivity contribution is 0.0513. The van der Waals surface area contributed by atoms with E-state index >= 15 is 0 Å². The molecule has 1 fully saturated rings. The van der Waals surface area contributed by atoms with Crippen molar-refractivity contribution in [3.05, 3.63) is 89.5 Å². The van der Waals surface area contributed by atoms with E-state index in [1.807, 2.05) is 0 Å². The summed E-state index contributed by atoms with van der Waals surface area (Å²) in [6.07, 6.45) is 4.86. The summed E-state index contributed by atoms with van der Waals surface area (Å²) < 4.78 is 11.4. The van der Waals surface area contributed by atoms with Crippen LogP contribution in [0.4, 0.5) is 0 Å². The maximum Gasteiger partial charge on any atom is 0.188 e. The summed E-state index contributed by atoms with van der Waals surface area (Å²) in [4.78, 5) is 2.60. The molecule has 3 aromatic rings. The van der Waals surface area contributed by atoms with Crippen molar-refractivity contribution >= 4 is 19.2 Å². The molecular weight excluding hydrogens is 401 g/mol. The summed E-state index contributed by atoms with van der Waals surface area (Å²) in [5.74, 6) is 0.972. The number of likely N-dealkylation sites (tertiary alicyclic amines) is 1. The van der Waals surface area contributed by atoms with Gasteiger partial charge in [0.25, 0.3) is 0 Å². The Labute approximate surface area is 188 Å². The second kappa shape index (κ2) is 11.4. The molecule has 1 unspecified atom stereocenters. The van der Waals surface area contributed by atoms with Crippen LogP contribution in [0.1, 0.15) is 36.0 Å². The molecule has 0 radical (unpaired) electrons. The minimum absolute atomic E-state index is 0.263. The van der Waals surface area contributed by atoms with E-state index in [4.69, 9.17) is 9.47 Å². The smallest absolute Gasteiger partial charge is 0.188 e. The first-order valence-electron chi connectivity index (χ1n) is 11.2. The summed E-state index contributed by atoms with van der Waals surface area (Å²) in [5.41, 5.74) is 3.94. The van der Waals surface area contributed by atoms with Gasteiger partial charge in [-0.3, -0.25) is 4.90 Å². The zero-order valence-electron chi connectivity index (χ0n) is 18.3. The van der Waals surface area contributed by atoms with E-state index in [0.717, 1.165) is 18.7 Å². The predicted octanol–water partition coefficient (Wildman–Crippen LogP) is 4.88. The summed E-state index contributed by atoms with van der Waals surface area (Å²) in [6, 6.07) is 26.0. The van der Waals surface area contributed by atoms with Crippen molar-refractivity contribution in [3.8, 4) is 5.75 Å². The normalized spacial score (nSPS) is 14.9. The van der Waals surface area contributed by atoms with Crippen LogP contribution in [0, 0.1) is 0 Å². The first kappa shape index (κ1) is 22.0. The second-order valence-electron chi connectivity index (χ2n) is 8.13. The predicted molar refractivity (Wildman–Crippen MR) is 131 cm³/mol. The molecule has 0 N–H and O–H groups in total. The van der Waals surface area contributed by atoms with Gasteiger partial charge < -0.3 is 9.47 Å². The Balaban J connectivity index is 1.59.